The highest BCUT2D eigenvalue weighted by molar-refractivity contribution is 5.77. The standard InChI is InChI=1S/C13H18N4O2/c14-4-2-7-17(11-13(19)16-6-8-18)10-12-3-1-5-15-9-12/h1,3,5,9,18H,2,6-8,10-11H2,(H,16,19). The maximum atomic E-state index is 11.6. The highest BCUT2D eigenvalue weighted by atomic mass is 16.3. The number of rotatable bonds is 8. The fraction of sp³-hybridized carbons (Fsp3) is 0.462. The van der Waals surface area contributed by atoms with Crippen LogP contribution in [-0.4, -0.2) is 47.1 Å². The number of hydrogen-bond donors (Lipinski definition) is 2. The van der Waals surface area contributed by atoms with Gasteiger partial charge < -0.3 is 10.4 Å². The lowest BCUT2D eigenvalue weighted by molar-refractivity contribution is -0.122. The fourth-order valence-corrected chi connectivity index (χ4v) is 1.63. The minimum atomic E-state index is -0.157. The summed E-state index contributed by atoms with van der Waals surface area (Å²) in [6.45, 7) is 1.47. The molecule has 0 aliphatic rings. The molecule has 1 amide bonds. The van der Waals surface area contributed by atoms with Crippen molar-refractivity contribution < 1.29 is 9.90 Å². The Morgan fingerprint density at radius 1 is 1.58 bits per heavy atom. The first kappa shape index (κ1) is 15.1. The first-order chi connectivity index (χ1) is 9.26. The molecule has 0 fully saturated rings. The van der Waals surface area contributed by atoms with Gasteiger partial charge in [0.15, 0.2) is 0 Å². The molecule has 0 bridgehead atoms. The highest BCUT2D eigenvalue weighted by Gasteiger charge is 2.10. The minimum Gasteiger partial charge on any atom is -0.395 e. The molecule has 1 aromatic rings. The third-order valence-electron chi connectivity index (χ3n) is 2.47. The lowest BCUT2D eigenvalue weighted by Crippen LogP contribution is -2.38. The van der Waals surface area contributed by atoms with E-state index in [2.05, 4.69) is 16.4 Å². The van der Waals surface area contributed by atoms with E-state index in [1.807, 2.05) is 17.0 Å². The Labute approximate surface area is 112 Å². The van der Waals surface area contributed by atoms with Crippen LogP contribution in [0.4, 0.5) is 0 Å². The van der Waals surface area contributed by atoms with Gasteiger partial charge >= 0.3 is 0 Å². The summed E-state index contributed by atoms with van der Waals surface area (Å²) >= 11 is 0. The Balaban J connectivity index is 2.51. The largest absolute Gasteiger partial charge is 0.395 e. The average Bonchev–Trinajstić information content (AvgIpc) is 2.43. The maximum Gasteiger partial charge on any atom is 0.234 e. The number of amides is 1. The summed E-state index contributed by atoms with van der Waals surface area (Å²) in [7, 11) is 0. The maximum absolute atomic E-state index is 11.6. The molecule has 19 heavy (non-hydrogen) atoms. The van der Waals surface area contributed by atoms with Gasteiger partial charge in [0.2, 0.25) is 5.91 Å². The molecule has 0 spiro atoms. The normalized spacial score (nSPS) is 10.2. The second-order valence-electron chi connectivity index (χ2n) is 4.05. The van der Waals surface area contributed by atoms with Crippen LogP contribution in [0.1, 0.15) is 12.0 Å². The molecule has 0 unspecified atom stereocenters. The van der Waals surface area contributed by atoms with Gasteiger partial charge in [-0.15, -0.1) is 0 Å². The van der Waals surface area contributed by atoms with E-state index < -0.39 is 0 Å². The summed E-state index contributed by atoms with van der Waals surface area (Å²) in [6.07, 6.45) is 3.80. The number of pyridine rings is 1. The summed E-state index contributed by atoms with van der Waals surface area (Å²) in [6, 6.07) is 5.84. The fourth-order valence-electron chi connectivity index (χ4n) is 1.63. The lowest BCUT2D eigenvalue weighted by atomic mass is 10.2. The molecule has 102 valence electrons. The smallest absolute Gasteiger partial charge is 0.234 e. The number of aliphatic hydroxyl groups is 1. The lowest BCUT2D eigenvalue weighted by Gasteiger charge is -2.20. The van der Waals surface area contributed by atoms with Crippen molar-refractivity contribution in [2.24, 2.45) is 0 Å². The van der Waals surface area contributed by atoms with Gasteiger partial charge in [0, 0.05) is 38.4 Å². The van der Waals surface area contributed by atoms with Crippen molar-refractivity contribution in [3.05, 3.63) is 30.1 Å². The highest BCUT2D eigenvalue weighted by Crippen LogP contribution is 2.03. The number of nitriles is 1. The molecule has 0 radical (unpaired) electrons. The Morgan fingerprint density at radius 2 is 2.42 bits per heavy atom. The van der Waals surface area contributed by atoms with Crippen molar-refractivity contribution in [3.63, 3.8) is 0 Å². The minimum absolute atomic E-state index is 0.0768. The van der Waals surface area contributed by atoms with Gasteiger partial charge in [-0.2, -0.15) is 5.26 Å². The molecule has 1 heterocycles. The van der Waals surface area contributed by atoms with Gasteiger partial charge in [-0.25, -0.2) is 0 Å². The molecule has 6 heteroatoms. The van der Waals surface area contributed by atoms with E-state index in [1.54, 1.807) is 12.4 Å². The number of aromatic nitrogens is 1. The second-order valence-corrected chi connectivity index (χ2v) is 4.05. The van der Waals surface area contributed by atoms with Crippen LogP contribution in [0.25, 0.3) is 0 Å². The monoisotopic (exact) mass is 262 g/mol. The quantitative estimate of drug-likeness (QED) is 0.683. The molecule has 0 atom stereocenters. The second kappa shape index (κ2) is 9.03. The van der Waals surface area contributed by atoms with Crippen LogP contribution in [0, 0.1) is 11.3 Å². The number of nitrogens with zero attached hydrogens (tertiary/aromatic N) is 3. The third-order valence-corrected chi connectivity index (χ3v) is 2.47. The van der Waals surface area contributed by atoms with Crippen molar-refractivity contribution in [3.8, 4) is 6.07 Å². The first-order valence-electron chi connectivity index (χ1n) is 6.12. The summed E-state index contributed by atoms with van der Waals surface area (Å²) in [5, 5.41) is 19.9. The number of carbonyl (C=O) groups excluding carboxylic acids is 1. The number of hydrogen-bond acceptors (Lipinski definition) is 5. The molecule has 0 saturated heterocycles. The van der Waals surface area contributed by atoms with Gasteiger partial charge in [-0.1, -0.05) is 6.07 Å². The van der Waals surface area contributed by atoms with Crippen molar-refractivity contribution in [1.29, 1.82) is 5.26 Å². The van der Waals surface area contributed by atoms with Crippen LogP contribution >= 0.6 is 0 Å². The van der Waals surface area contributed by atoms with E-state index in [9.17, 15) is 4.79 Å². The molecule has 1 aromatic heterocycles. The summed E-state index contributed by atoms with van der Waals surface area (Å²) in [5.74, 6) is -0.157. The van der Waals surface area contributed by atoms with Crippen LogP contribution in [0.3, 0.4) is 0 Å². The van der Waals surface area contributed by atoms with Crippen molar-refractivity contribution in [2.45, 2.75) is 13.0 Å². The molecule has 6 nitrogen and oxygen atoms in total. The van der Waals surface area contributed by atoms with E-state index in [4.69, 9.17) is 10.4 Å². The summed E-state index contributed by atoms with van der Waals surface area (Å²) in [4.78, 5) is 17.5. The van der Waals surface area contributed by atoms with Crippen LogP contribution < -0.4 is 5.32 Å². The van der Waals surface area contributed by atoms with Crippen LogP contribution in [0.2, 0.25) is 0 Å². The van der Waals surface area contributed by atoms with Gasteiger partial charge in [-0.3, -0.25) is 14.7 Å². The van der Waals surface area contributed by atoms with Gasteiger partial charge in [-0.05, 0) is 11.6 Å². The summed E-state index contributed by atoms with van der Waals surface area (Å²) in [5.41, 5.74) is 0.996. The Hall–Kier alpha value is -1.97. The zero-order valence-corrected chi connectivity index (χ0v) is 10.7. The summed E-state index contributed by atoms with van der Waals surface area (Å²) < 4.78 is 0. The topological polar surface area (TPSA) is 89.2 Å². The molecular weight excluding hydrogens is 244 g/mol. The van der Waals surface area contributed by atoms with Crippen LogP contribution in [0.15, 0.2) is 24.5 Å². The van der Waals surface area contributed by atoms with Crippen LogP contribution in [0.5, 0.6) is 0 Å². The van der Waals surface area contributed by atoms with Crippen LogP contribution in [-0.2, 0) is 11.3 Å². The SMILES string of the molecule is N#CCCN(CC(=O)NCCO)Cc1cccnc1. The Kier molecular flexibility index (Phi) is 7.17. The number of aliphatic hydroxyl groups excluding tert-OH is 1. The van der Waals surface area contributed by atoms with E-state index in [1.165, 1.54) is 0 Å². The van der Waals surface area contributed by atoms with E-state index in [-0.39, 0.29) is 25.6 Å². The van der Waals surface area contributed by atoms with E-state index in [0.717, 1.165) is 5.56 Å². The molecule has 0 aliphatic carbocycles. The van der Waals surface area contributed by atoms with Crippen molar-refractivity contribution in [2.75, 3.05) is 26.2 Å². The predicted molar refractivity (Wildman–Crippen MR) is 69.8 cm³/mol. The van der Waals surface area contributed by atoms with Gasteiger partial charge in [0.1, 0.15) is 0 Å². The van der Waals surface area contributed by atoms with E-state index >= 15 is 0 Å². The first-order valence-corrected chi connectivity index (χ1v) is 6.12. The average molecular weight is 262 g/mol. The molecule has 0 saturated carbocycles. The van der Waals surface area contributed by atoms with E-state index in [0.29, 0.717) is 19.5 Å². The molecule has 2 N–H and O–H groups in total. The third kappa shape index (κ3) is 6.50. The Bertz CT molecular complexity index is 416. The molecular formula is C13H18N4O2. The predicted octanol–water partition coefficient (Wildman–Crippen LogP) is -0.0942. The molecule has 0 aliphatic heterocycles. The van der Waals surface area contributed by atoms with Crippen molar-refractivity contribution >= 4 is 5.91 Å². The van der Waals surface area contributed by atoms with Crippen molar-refractivity contribution in [1.82, 2.24) is 15.2 Å². The number of nitrogens with one attached hydrogen (secondary N) is 1. The Morgan fingerprint density at radius 3 is 3.05 bits per heavy atom. The molecule has 1 rings (SSSR count). The zero-order chi connectivity index (χ0) is 13.9. The number of carbonyl (C=O) groups is 1. The van der Waals surface area contributed by atoms with Gasteiger partial charge in [0.05, 0.1) is 19.2 Å². The molecule has 0 aromatic carbocycles. The zero-order valence-electron chi connectivity index (χ0n) is 10.7. The van der Waals surface area contributed by atoms with Gasteiger partial charge in [0.25, 0.3) is 0 Å².